The summed E-state index contributed by atoms with van der Waals surface area (Å²) in [4.78, 5) is 6.88. The number of hydrogen-bond donors (Lipinski definition) is 2. The van der Waals surface area contributed by atoms with Crippen molar-refractivity contribution in [3.63, 3.8) is 0 Å². The number of benzene rings is 1. The zero-order valence-corrected chi connectivity index (χ0v) is 17.6. The second kappa shape index (κ2) is 11.7. The molecule has 2 N–H and O–H groups in total. The fourth-order valence-corrected chi connectivity index (χ4v) is 2.95. The fraction of sp³-hybridized carbons (Fsp3) is 0.632. The fourth-order valence-electron chi connectivity index (χ4n) is 2.95. The van der Waals surface area contributed by atoms with Gasteiger partial charge >= 0.3 is 0 Å². The molecule has 2 rings (SSSR count). The third-order valence-corrected chi connectivity index (χ3v) is 4.63. The summed E-state index contributed by atoms with van der Waals surface area (Å²) in [6.07, 6.45) is 3.79. The van der Waals surface area contributed by atoms with Crippen molar-refractivity contribution in [2.24, 2.45) is 10.9 Å². The molecular weight excluding hydrogens is 411 g/mol. The largest absolute Gasteiger partial charge is 0.356 e. The minimum absolute atomic E-state index is 0. The molecule has 1 aliphatic rings. The van der Waals surface area contributed by atoms with Gasteiger partial charge < -0.3 is 10.6 Å². The van der Waals surface area contributed by atoms with Gasteiger partial charge in [0.25, 0.3) is 0 Å². The van der Waals surface area contributed by atoms with Gasteiger partial charge in [0.15, 0.2) is 5.96 Å². The number of rotatable bonds is 9. The molecule has 136 valence electrons. The van der Waals surface area contributed by atoms with E-state index in [-0.39, 0.29) is 24.0 Å². The maximum Gasteiger partial charge on any atom is 0.191 e. The van der Waals surface area contributed by atoms with Crippen LogP contribution in [0.2, 0.25) is 0 Å². The zero-order valence-electron chi connectivity index (χ0n) is 15.3. The average molecular weight is 444 g/mol. The molecule has 0 amide bonds. The van der Waals surface area contributed by atoms with Gasteiger partial charge in [0.1, 0.15) is 0 Å². The Kier molecular flexibility index (Phi) is 10.3. The molecule has 0 heterocycles. The van der Waals surface area contributed by atoms with Gasteiger partial charge in [-0.3, -0.25) is 9.89 Å². The lowest BCUT2D eigenvalue weighted by Gasteiger charge is -2.30. The number of nitrogens with one attached hydrogen (secondary N) is 2. The lowest BCUT2D eigenvalue weighted by molar-refractivity contribution is 0.215. The molecule has 1 aromatic rings. The summed E-state index contributed by atoms with van der Waals surface area (Å²) in [6, 6.07) is 11.2. The van der Waals surface area contributed by atoms with Crippen LogP contribution in [0.25, 0.3) is 0 Å². The van der Waals surface area contributed by atoms with Crippen molar-refractivity contribution in [1.29, 1.82) is 0 Å². The molecule has 24 heavy (non-hydrogen) atoms. The summed E-state index contributed by atoms with van der Waals surface area (Å²) in [7, 11) is 1.85. The second-order valence-corrected chi connectivity index (χ2v) is 6.34. The molecule has 0 bridgehead atoms. The van der Waals surface area contributed by atoms with E-state index in [4.69, 9.17) is 0 Å². The van der Waals surface area contributed by atoms with Crippen LogP contribution in [0.5, 0.6) is 0 Å². The maximum absolute atomic E-state index is 4.35. The number of aliphatic imine (C=N–C) groups is 1. The highest BCUT2D eigenvalue weighted by molar-refractivity contribution is 14.0. The topological polar surface area (TPSA) is 39.7 Å². The number of halogens is 1. The summed E-state index contributed by atoms with van der Waals surface area (Å²) in [5.41, 5.74) is 1.40. The first kappa shape index (κ1) is 21.2. The lowest BCUT2D eigenvalue weighted by atomic mass is 10.0. The van der Waals surface area contributed by atoms with Crippen LogP contribution < -0.4 is 10.6 Å². The van der Waals surface area contributed by atoms with Gasteiger partial charge in [0.2, 0.25) is 0 Å². The molecule has 1 fully saturated rings. The summed E-state index contributed by atoms with van der Waals surface area (Å²) in [5, 5.41) is 6.97. The molecule has 5 heteroatoms. The van der Waals surface area contributed by atoms with E-state index < -0.39 is 0 Å². The highest BCUT2D eigenvalue weighted by atomic mass is 127. The molecule has 1 aliphatic carbocycles. The van der Waals surface area contributed by atoms with Crippen molar-refractivity contribution in [3.8, 4) is 0 Å². The molecule has 4 nitrogen and oxygen atoms in total. The first-order chi connectivity index (χ1) is 11.3. The van der Waals surface area contributed by atoms with Crippen molar-refractivity contribution >= 4 is 29.9 Å². The Balaban J connectivity index is 0.00000288. The molecule has 0 aliphatic heterocycles. The number of guanidine groups is 1. The highest BCUT2D eigenvalue weighted by Crippen LogP contribution is 2.27. The van der Waals surface area contributed by atoms with E-state index in [1.54, 1.807) is 0 Å². The lowest BCUT2D eigenvalue weighted by Crippen LogP contribution is -2.48. The van der Waals surface area contributed by atoms with Crippen LogP contribution in [-0.4, -0.2) is 50.1 Å². The van der Waals surface area contributed by atoms with Crippen molar-refractivity contribution in [2.45, 2.75) is 39.2 Å². The monoisotopic (exact) mass is 444 g/mol. The maximum atomic E-state index is 4.35. The molecule has 1 aromatic carbocycles. The van der Waals surface area contributed by atoms with E-state index in [9.17, 15) is 0 Å². The normalized spacial score (nSPS) is 15.8. The van der Waals surface area contributed by atoms with Crippen molar-refractivity contribution in [3.05, 3.63) is 35.9 Å². The molecule has 1 atom stereocenters. The Bertz CT molecular complexity index is 470. The molecule has 1 saturated carbocycles. The smallest absolute Gasteiger partial charge is 0.191 e. The standard InChI is InChI=1S/C19H32N4.HI/c1-4-23(5-2)18(13-16-9-7-6-8-10-16)15-22-19(20-3)21-14-17-11-12-17;/h6-10,17-18H,4-5,11-15H2,1-3H3,(H2,20,21,22);1H. The third-order valence-electron chi connectivity index (χ3n) is 4.63. The van der Waals surface area contributed by atoms with E-state index in [2.05, 4.69) is 64.7 Å². The molecule has 0 spiro atoms. The molecule has 0 saturated heterocycles. The predicted molar refractivity (Wildman–Crippen MR) is 114 cm³/mol. The van der Waals surface area contributed by atoms with Crippen LogP contribution >= 0.6 is 24.0 Å². The Morgan fingerprint density at radius 1 is 1.17 bits per heavy atom. The summed E-state index contributed by atoms with van der Waals surface area (Å²) in [6.45, 7) is 8.59. The third kappa shape index (κ3) is 7.38. The van der Waals surface area contributed by atoms with Gasteiger partial charge in [-0.2, -0.15) is 0 Å². The van der Waals surface area contributed by atoms with Gasteiger partial charge in [-0.15, -0.1) is 24.0 Å². The summed E-state index contributed by atoms with van der Waals surface area (Å²) in [5.74, 6) is 1.79. The average Bonchev–Trinajstić information content (AvgIpc) is 3.41. The van der Waals surface area contributed by atoms with Crippen molar-refractivity contribution in [2.75, 3.05) is 33.2 Å². The highest BCUT2D eigenvalue weighted by Gasteiger charge is 2.21. The Labute approximate surface area is 164 Å². The summed E-state index contributed by atoms with van der Waals surface area (Å²) >= 11 is 0. The number of hydrogen-bond acceptors (Lipinski definition) is 2. The Morgan fingerprint density at radius 2 is 1.83 bits per heavy atom. The number of nitrogens with zero attached hydrogens (tertiary/aromatic N) is 2. The first-order valence-corrected chi connectivity index (χ1v) is 8.99. The van der Waals surface area contributed by atoms with Crippen molar-refractivity contribution < 1.29 is 0 Å². The van der Waals surface area contributed by atoms with Crippen LogP contribution in [0, 0.1) is 5.92 Å². The summed E-state index contributed by atoms with van der Waals surface area (Å²) < 4.78 is 0. The second-order valence-electron chi connectivity index (χ2n) is 6.34. The molecule has 0 aromatic heterocycles. The minimum atomic E-state index is 0. The molecular formula is C19H33IN4. The minimum Gasteiger partial charge on any atom is -0.356 e. The van der Waals surface area contributed by atoms with E-state index in [0.29, 0.717) is 6.04 Å². The first-order valence-electron chi connectivity index (χ1n) is 8.99. The van der Waals surface area contributed by atoms with Gasteiger partial charge in [0.05, 0.1) is 0 Å². The van der Waals surface area contributed by atoms with E-state index >= 15 is 0 Å². The van der Waals surface area contributed by atoms with E-state index in [1.807, 2.05) is 7.05 Å². The van der Waals surface area contributed by atoms with Crippen LogP contribution in [0.1, 0.15) is 32.3 Å². The predicted octanol–water partition coefficient (Wildman–Crippen LogP) is 3.13. The van der Waals surface area contributed by atoms with Crippen LogP contribution in [-0.2, 0) is 6.42 Å². The van der Waals surface area contributed by atoms with E-state index in [0.717, 1.165) is 44.5 Å². The van der Waals surface area contributed by atoms with Gasteiger partial charge in [0, 0.05) is 26.2 Å². The molecule has 1 unspecified atom stereocenters. The van der Waals surface area contributed by atoms with Gasteiger partial charge in [-0.05, 0) is 43.8 Å². The van der Waals surface area contributed by atoms with Crippen molar-refractivity contribution in [1.82, 2.24) is 15.5 Å². The van der Waals surface area contributed by atoms with Gasteiger partial charge in [-0.1, -0.05) is 44.2 Å². The van der Waals surface area contributed by atoms with Crippen LogP contribution in [0.15, 0.2) is 35.3 Å². The van der Waals surface area contributed by atoms with E-state index in [1.165, 1.54) is 18.4 Å². The Morgan fingerprint density at radius 3 is 2.38 bits per heavy atom. The van der Waals surface area contributed by atoms with Crippen LogP contribution in [0.4, 0.5) is 0 Å². The SMILES string of the molecule is CCN(CC)C(CNC(=NC)NCC1CC1)Cc1ccccc1.I. The zero-order chi connectivity index (χ0) is 16.5. The quantitative estimate of drug-likeness (QED) is 0.349. The molecule has 0 radical (unpaired) electrons. The number of likely N-dealkylation sites (N-methyl/N-ethyl adjacent to an activating group) is 1. The van der Waals surface area contributed by atoms with Gasteiger partial charge in [-0.25, -0.2) is 0 Å². The Hall–Kier alpha value is -0.820. The van der Waals surface area contributed by atoms with Crippen LogP contribution in [0.3, 0.4) is 0 Å².